The van der Waals surface area contributed by atoms with Gasteiger partial charge in [0, 0.05) is 19.4 Å². The van der Waals surface area contributed by atoms with Crippen LogP contribution < -0.4 is 5.73 Å². The molecule has 0 aliphatic carbocycles. The molecule has 0 aromatic rings. The minimum absolute atomic E-state index is 0.0579. The van der Waals surface area contributed by atoms with Gasteiger partial charge in [-0.25, -0.2) is 4.57 Å². The SMILES string of the molecule is CCCCCCCCCCCCCCCCC(=O)O[C@H](COC(=O)CCCCCCCCCCCCCCC)COP(=O)(O)OCCN. The third-order valence-corrected chi connectivity index (χ3v) is 9.73. The number of phosphoric acid groups is 1. The van der Waals surface area contributed by atoms with Gasteiger partial charge in [0.05, 0.1) is 13.2 Å². The Bertz CT molecular complexity index is 769. The minimum atomic E-state index is -4.36. The molecule has 286 valence electrons. The molecule has 0 amide bonds. The van der Waals surface area contributed by atoms with Crippen molar-refractivity contribution in [2.45, 2.75) is 206 Å². The topological polar surface area (TPSA) is 134 Å². The highest BCUT2D eigenvalue weighted by atomic mass is 31.2. The van der Waals surface area contributed by atoms with E-state index in [1.165, 1.54) is 135 Å². The molecule has 0 saturated carbocycles. The summed E-state index contributed by atoms with van der Waals surface area (Å²) in [6.07, 6.45) is 32.7. The van der Waals surface area contributed by atoms with Crippen LogP contribution in [0, 0.1) is 0 Å². The first-order chi connectivity index (χ1) is 23.3. The number of hydrogen-bond donors (Lipinski definition) is 2. The Labute approximate surface area is 295 Å². The van der Waals surface area contributed by atoms with E-state index in [0.717, 1.165) is 32.1 Å². The van der Waals surface area contributed by atoms with Gasteiger partial charge in [-0.05, 0) is 12.8 Å². The zero-order valence-electron chi connectivity index (χ0n) is 31.2. The van der Waals surface area contributed by atoms with Gasteiger partial charge in [0.2, 0.25) is 0 Å². The predicted molar refractivity (Wildman–Crippen MR) is 197 cm³/mol. The third-order valence-electron chi connectivity index (χ3n) is 8.74. The zero-order valence-corrected chi connectivity index (χ0v) is 32.1. The van der Waals surface area contributed by atoms with Gasteiger partial charge in [-0.3, -0.25) is 18.6 Å². The summed E-state index contributed by atoms with van der Waals surface area (Å²) in [5.41, 5.74) is 5.33. The molecule has 1 unspecified atom stereocenters. The number of esters is 2. The van der Waals surface area contributed by atoms with Crippen LogP contribution in [0.4, 0.5) is 0 Å². The Morgan fingerprint density at radius 2 is 0.896 bits per heavy atom. The number of nitrogens with two attached hydrogens (primary N) is 1. The van der Waals surface area contributed by atoms with Crippen LogP contribution >= 0.6 is 7.82 Å². The Morgan fingerprint density at radius 3 is 1.27 bits per heavy atom. The fourth-order valence-corrected chi connectivity index (χ4v) is 6.52. The van der Waals surface area contributed by atoms with Gasteiger partial charge >= 0.3 is 19.8 Å². The van der Waals surface area contributed by atoms with Gasteiger partial charge in [0.25, 0.3) is 0 Å². The van der Waals surface area contributed by atoms with E-state index in [1.54, 1.807) is 0 Å². The van der Waals surface area contributed by atoms with E-state index >= 15 is 0 Å². The second-order valence-electron chi connectivity index (χ2n) is 13.5. The Balaban J connectivity index is 4.16. The van der Waals surface area contributed by atoms with Crippen LogP contribution in [0.2, 0.25) is 0 Å². The second kappa shape index (κ2) is 35.8. The lowest BCUT2D eigenvalue weighted by Gasteiger charge is -2.19. The van der Waals surface area contributed by atoms with E-state index in [4.69, 9.17) is 24.3 Å². The van der Waals surface area contributed by atoms with Crippen LogP contribution in [-0.4, -0.2) is 49.3 Å². The molecule has 0 aliphatic heterocycles. The third kappa shape index (κ3) is 34.9. The highest BCUT2D eigenvalue weighted by molar-refractivity contribution is 7.47. The van der Waals surface area contributed by atoms with Crippen molar-refractivity contribution in [3.05, 3.63) is 0 Å². The summed E-state index contributed by atoms with van der Waals surface area (Å²) in [6.45, 7) is 3.75. The highest BCUT2D eigenvalue weighted by Gasteiger charge is 2.26. The lowest BCUT2D eigenvalue weighted by atomic mass is 10.0. The molecule has 3 N–H and O–H groups in total. The molecular formula is C38H76NO8P. The van der Waals surface area contributed by atoms with Crippen molar-refractivity contribution in [3.63, 3.8) is 0 Å². The summed E-state index contributed by atoms with van der Waals surface area (Å²) in [5.74, 6) is -0.816. The van der Waals surface area contributed by atoms with Gasteiger partial charge in [0.15, 0.2) is 6.10 Å². The summed E-state index contributed by atoms with van der Waals surface area (Å²) in [7, 11) is -4.36. The van der Waals surface area contributed by atoms with Crippen molar-refractivity contribution < 1.29 is 37.6 Å². The molecule has 2 atom stereocenters. The quantitative estimate of drug-likeness (QED) is 0.0365. The fourth-order valence-electron chi connectivity index (χ4n) is 5.75. The molecule has 0 bridgehead atoms. The van der Waals surface area contributed by atoms with Crippen molar-refractivity contribution in [1.82, 2.24) is 0 Å². The molecule has 48 heavy (non-hydrogen) atoms. The Kier molecular flexibility index (Phi) is 35.1. The minimum Gasteiger partial charge on any atom is -0.462 e. The molecule has 0 heterocycles. The van der Waals surface area contributed by atoms with Crippen molar-refractivity contribution in [2.75, 3.05) is 26.4 Å². The van der Waals surface area contributed by atoms with Gasteiger partial charge in [-0.2, -0.15) is 0 Å². The first-order valence-electron chi connectivity index (χ1n) is 20.0. The van der Waals surface area contributed by atoms with E-state index < -0.39 is 26.5 Å². The molecule has 0 aromatic carbocycles. The predicted octanol–water partition coefficient (Wildman–Crippen LogP) is 10.9. The van der Waals surface area contributed by atoms with Gasteiger partial charge in [-0.15, -0.1) is 0 Å². The van der Waals surface area contributed by atoms with Crippen LogP contribution in [0.3, 0.4) is 0 Å². The van der Waals surface area contributed by atoms with Crippen LogP contribution in [0.15, 0.2) is 0 Å². The molecule has 0 radical (unpaired) electrons. The van der Waals surface area contributed by atoms with E-state index in [2.05, 4.69) is 13.8 Å². The molecule has 0 fully saturated rings. The molecular weight excluding hydrogens is 629 g/mol. The summed E-state index contributed by atoms with van der Waals surface area (Å²) in [5, 5.41) is 0. The molecule has 10 heteroatoms. The van der Waals surface area contributed by atoms with E-state index in [-0.39, 0.29) is 38.6 Å². The average molecular weight is 706 g/mol. The lowest BCUT2D eigenvalue weighted by molar-refractivity contribution is -0.161. The zero-order chi connectivity index (χ0) is 35.4. The smallest absolute Gasteiger partial charge is 0.462 e. The van der Waals surface area contributed by atoms with Gasteiger partial charge in [-0.1, -0.05) is 174 Å². The van der Waals surface area contributed by atoms with Gasteiger partial charge in [0.1, 0.15) is 6.61 Å². The van der Waals surface area contributed by atoms with Crippen molar-refractivity contribution in [2.24, 2.45) is 5.73 Å². The molecule has 0 aliphatic rings. The van der Waals surface area contributed by atoms with Crippen molar-refractivity contribution in [3.8, 4) is 0 Å². The normalized spacial score (nSPS) is 13.3. The summed E-state index contributed by atoms with van der Waals surface area (Å²) in [4.78, 5) is 34.7. The Morgan fingerprint density at radius 1 is 0.542 bits per heavy atom. The molecule has 0 rings (SSSR count). The van der Waals surface area contributed by atoms with E-state index in [9.17, 15) is 19.0 Å². The number of phosphoric ester groups is 1. The van der Waals surface area contributed by atoms with Crippen LogP contribution in [0.25, 0.3) is 0 Å². The molecule has 0 spiro atoms. The summed E-state index contributed by atoms with van der Waals surface area (Å²) in [6, 6.07) is 0. The summed E-state index contributed by atoms with van der Waals surface area (Å²) >= 11 is 0. The lowest BCUT2D eigenvalue weighted by Crippen LogP contribution is -2.29. The molecule has 0 saturated heterocycles. The number of carbonyl (C=O) groups excluding carboxylic acids is 2. The first kappa shape index (κ1) is 47.0. The van der Waals surface area contributed by atoms with Crippen molar-refractivity contribution >= 4 is 19.8 Å². The van der Waals surface area contributed by atoms with Crippen molar-refractivity contribution in [1.29, 1.82) is 0 Å². The summed E-state index contributed by atoms with van der Waals surface area (Å²) < 4.78 is 32.7. The number of ether oxygens (including phenoxy) is 2. The van der Waals surface area contributed by atoms with Gasteiger partial charge < -0.3 is 20.1 Å². The maximum atomic E-state index is 12.5. The average Bonchev–Trinajstić information content (AvgIpc) is 3.07. The number of unbranched alkanes of at least 4 members (excludes halogenated alkanes) is 25. The highest BCUT2D eigenvalue weighted by Crippen LogP contribution is 2.43. The first-order valence-corrected chi connectivity index (χ1v) is 21.5. The number of carbonyl (C=O) groups is 2. The number of rotatable bonds is 38. The fraction of sp³-hybridized carbons (Fsp3) is 0.947. The maximum Gasteiger partial charge on any atom is 0.472 e. The van der Waals surface area contributed by atoms with E-state index in [1.807, 2.05) is 0 Å². The van der Waals surface area contributed by atoms with Crippen LogP contribution in [0.1, 0.15) is 200 Å². The Hall–Kier alpha value is -0.990. The maximum absolute atomic E-state index is 12.5. The van der Waals surface area contributed by atoms with Crippen LogP contribution in [0.5, 0.6) is 0 Å². The largest absolute Gasteiger partial charge is 0.472 e. The van der Waals surface area contributed by atoms with Crippen LogP contribution in [-0.2, 0) is 32.7 Å². The standard InChI is InChI=1S/C38H76NO8P/c1-3-5-7-9-11-13-15-17-19-21-23-25-27-29-31-38(41)47-36(35-46-48(42,43)45-33-32-39)34-44-37(40)30-28-26-24-22-20-18-16-14-12-10-8-6-4-2/h36H,3-35,39H2,1-2H3,(H,42,43)/t36-/m1/s1. The molecule has 9 nitrogen and oxygen atoms in total. The second-order valence-corrected chi connectivity index (χ2v) is 15.0. The molecule has 0 aromatic heterocycles. The van der Waals surface area contributed by atoms with E-state index in [0.29, 0.717) is 6.42 Å². The monoisotopic (exact) mass is 706 g/mol. The number of hydrogen-bond acceptors (Lipinski definition) is 8.